The van der Waals surface area contributed by atoms with Gasteiger partial charge in [-0.3, -0.25) is 9.88 Å². The van der Waals surface area contributed by atoms with Crippen LogP contribution in [0.15, 0.2) is 48.8 Å². The van der Waals surface area contributed by atoms with Crippen molar-refractivity contribution in [3.05, 3.63) is 65.5 Å². The lowest BCUT2D eigenvalue weighted by Gasteiger charge is -2.33. The number of carboxylic acids is 1. The van der Waals surface area contributed by atoms with E-state index in [-0.39, 0.29) is 0 Å². The minimum absolute atomic E-state index is 0.355. The van der Waals surface area contributed by atoms with E-state index in [4.69, 9.17) is 5.11 Å². The van der Waals surface area contributed by atoms with Crippen molar-refractivity contribution in [1.29, 1.82) is 0 Å². The second-order valence-electron chi connectivity index (χ2n) is 5.86. The zero-order chi connectivity index (χ0) is 15.4. The van der Waals surface area contributed by atoms with Crippen molar-refractivity contribution in [3.63, 3.8) is 0 Å². The molecule has 2 aromatic rings. The molecule has 4 heteroatoms. The van der Waals surface area contributed by atoms with E-state index >= 15 is 0 Å². The van der Waals surface area contributed by atoms with Crippen molar-refractivity contribution < 1.29 is 9.90 Å². The fourth-order valence-electron chi connectivity index (χ4n) is 3.12. The average molecular weight is 296 g/mol. The third-order valence-electron chi connectivity index (χ3n) is 4.29. The van der Waals surface area contributed by atoms with E-state index < -0.39 is 5.97 Å². The second-order valence-corrected chi connectivity index (χ2v) is 5.86. The first-order valence-electron chi connectivity index (χ1n) is 7.67. The summed E-state index contributed by atoms with van der Waals surface area (Å²) in [7, 11) is 0. The maximum absolute atomic E-state index is 10.9. The van der Waals surface area contributed by atoms with Crippen molar-refractivity contribution >= 4 is 5.97 Å². The summed E-state index contributed by atoms with van der Waals surface area (Å²) in [5.74, 6) is -0.382. The van der Waals surface area contributed by atoms with Crippen LogP contribution in [0.1, 0.15) is 40.2 Å². The zero-order valence-electron chi connectivity index (χ0n) is 12.5. The third-order valence-corrected chi connectivity index (χ3v) is 4.29. The van der Waals surface area contributed by atoms with Crippen LogP contribution in [-0.4, -0.2) is 34.0 Å². The molecule has 4 nitrogen and oxygen atoms in total. The van der Waals surface area contributed by atoms with Crippen LogP contribution in [0.4, 0.5) is 0 Å². The lowest BCUT2D eigenvalue weighted by atomic mass is 9.90. The molecule has 1 atom stereocenters. The van der Waals surface area contributed by atoms with Gasteiger partial charge in [0.25, 0.3) is 0 Å². The van der Waals surface area contributed by atoms with Gasteiger partial charge in [0.1, 0.15) is 0 Å². The smallest absolute Gasteiger partial charge is 0.335 e. The molecule has 0 bridgehead atoms. The van der Waals surface area contributed by atoms with E-state index in [2.05, 4.69) is 22.0 Å². The summed E-state index contributed by atoms with van der Waals surface area (Å²) in [5.41, 5.74) is 2.88. The van der Waals surface area contributed by atoms with Gasteiger partial charge in [0.05, 0.1) is 5.56 Å². The maximum atomic E-state index is 10.9. The molecule has 0 amide bonds. The summed E-state index contributed by atoms with van der Waals surface area (Å²) in [6.45, 7) is 3.09. The molecular formula is C18H20N2O2. The van der Waals surface area contributed by atoms with Gasteiger partial charge in [-0.15, -0.1) is 0 Å². The molecule has 1 fully saturated rings. The molecule has 114 valence electrons. The van der Waals surface area contributed by atoms with Gasteiger partial charge in [0.15, 0.2) is 0 Å². The Hall–Kier alpha value is -2.20. The highest BCUT2D eigenvalue weighted by Crippen LogP contribution is 2.27. The number of pyridine rings is 1. The number of benzene rings is 1. The molecule has 1 aliphatic heterocycles. The van der Waals surface area contributed by atoms with Gasteiger partial charge in [0.2, 0.25) is 0 Å². The number of piperidine rings is 1. The van der Waals surface area contributed by atoms with Crippen LogP contribution in [-0.2, 0) is 6.54 Å². The molecule has 1 aromatic heterocycles. The number of aromatic nitrogens is 1. The van der Waals surface area contributed by atoms with Gasteiger partial charge in [-0.25, -0.2) is 4.79 Å². The van der Waals surface area contributed by atoms with Gasteiger partial charge in [-0.1, -0.05) is 12.1 Å². The summed E-state index contributed by atoms with van der Waals surface area (Å²) in [6.07, 6.45) is 6.01. The lowest BCUT2D eigenvalue weighted by molar-refractivity contribution is 0.0697. The Morgan fingerprint density at radius 1 is 1.18 bits per heavy atom. The van der Waals surface area contributed by atoms with Crippen LogP contribution in [0.25, 0.3) is 0 Å². The van der Waals surface area contributed by atoms with E-state index in [9.17, 15) is 4.79 Å². The summed E-state index contributed by atoms with van der Waals surface area (Å²) in [4.78, 5) is 17.5. The van der Waals surface area contributed by atoms with Crippen molar-refractivity contribution in [2.45, 2.75) is 25.3 Å². The van der Waals surface area contributed by atoms with Gasteiger partial charge in [-0.2, -0.15) is 0 Å². The monoisotopic (exact) mass is 296 g/mol. The first kappa shape index (κ1) is 14.7. The van der Waals surface area contributed by atoms with Crippen LogP contribution in [0.3, 0.4) is 0 Å². The normalized spacial score (nSPS) is 19.0. The maximum Gasteiger partial charge on any atom is 0.335 e. The zero-order valence-corrected chi connectivity index (χ0v) is 12.5. The van der Waals surface area contributed by atoms with Crippen molar-refractivity contribution in [1.82, 2.24) is 9.88 Å². The number of hydrogen-bond acceptors (Lipinski definition) is 3. The molecule has 0 radical (unpaired) electrons. The first-order chi connectivity index (χ1) is 10.7. The SMILES string of the molecule is O=C(O)c1ccc([C@H]2CCCN(Cc3ccncc3)C2)cc1. The summed E-state index contributed by atoms with van der Waals surface area (Å²) >= 11 is 0. The highest BCUT2D eigenvalue weighted by Gasteiger charge is 2.21. The van der Waals surface area contributed by atoms with Crippen molar-refractivity contribution in [2.24, 2.45) is 0 Å². The van der Waals surface area contributed by atoms with E-state index in [1.54, 1.807) is 12.1 Å². The molecule has 1 aliphatic rings. The molecule has 0 spiro atoms. The Bertz CT molecular complexity index is 625. The lowest BCUT2D eigenvalue weighted by Crippen LogP contribution is -2.33. The minimum atomic E-state index is -0.866. The van der Waals surface area contributed by atoms with E-state index in [0.717, 1.165) is 19.6 Å². The Labute approximate surface area is 130 Å². The summed E-state index contributed by atoms with van der Waals surface area (Å²) in [5, 5.41) is 8.98. The number of aromatic carboxylic acids is 1. The number of hydrogen-bond donors (Lipinski definition) is 1. The molecule has 3 rings (SSSR count). The molecule has 1 N–H and O–H groups in total. The number of carbonyl (C=O) groups is 1. The van der Waals surface area contributed by atoms with E-state index in [0.29, 0.717) is 11.5 Å². The summed E-state index contributed by atoms with van der Waals surface area (Å²) < 4.78 is 0. The first-order valence-corrected chi connectivity index (χ1v) is 7.67. The molecule has 1 saturated heterocycles. The Morgan fingerprint density at radius 2 is 1.91 bits per heavy atom. The Morgan fingerprint density at radius 3 is 2.59 bits per heavy atom. The number of carboxylic acid groups (broad SMARTS) is 1. The topological polar surface area (TPSA) is 53.4 Å². The van der Waals surface area contributed by atoms with Gasteiger partial charge in [-0.05, 0) is 60.7 Å². The third kappa shape index (κ3) is 3.52. The minimum Gasteiger partial charge on any atom is -0.478 e. The van der Waals surface area contributed by atoms with Gasteiger partial charge >= 0.3 is 5.97 Å². The van der Waals surface area contributed by atoms with Crippen LogP contribution in [0, 0.1) is 0 Å². The second kappa shape index (κ2) is 6.71. The number of likely N-dealkylation sites (tertiary alicyclic amines) is 1. The summed E-state index contributed by atoms with van der Waals surface area (Å²) in [6, 6.07) is 11.5. The highest BCUT2D eigenvalue weighted by atomic mass is 16.4. The molecule has 0 saturated carbocycles. The molecular weight excluding hydrogens is 276 g/mol. The molecule has 0 unspecified atom stereocenters. The standard InChI is InChI=1S/C18H20N2O2/c21-18(22)16-5-3-15(4-6-16)17-2-1-11-20(13-17)12-14-7-9-19-10-8-14/h3-10,17H,1-2,11-13H2,(H,21,22)/t17-/m0/s1. The predicted octanol–water partition coefficient (Wildman–Crippen LogP) is 3.16. The van der Waals surface area contributed by atoms with Crippen LogP contribution in [0.2, 0.25) is 0 Å². The fraction of sp³-hybridized carbons (Fsp3) is 0.333. The number of rotatable bonds is 4. The predicted molar refractivity (Wildman–Crippen MR) is 84.9 cm³/mol. The fourth-order valence-corrected chi connectivity index (χ4v) is 3.12. The highest BCUT2D eigenvalue weighted by molar-refractivity contribution is 5.87. The number of nitrogens with zero attached hydrogens (tertiary/aromatic N) is 2. The molecule has 22 heavy (non-hydrogen) atoms. The Kier molecular flexibility index (Phi) is 4.49. The van der Waals surface area contributed by atoms with Crippen LogP contribution >= 0.6 is 0 Å². The largest absolute Gasteiger partial charge is 0.478 e. The molecule has 0 aliphatic carbocycles. The van der Waals surface area contributed by atoms with Crippen LogP contribution < -0.4 is 0 Å². The van der Waals surface area contributed by atoms with E-state index in [1.165, 1.54) is 24.0 Å². The quantitative estimate of drug-likeness (QED) is 0.941. The molecule has 1 aromatic carbocycles. The van der Waals surface area contributed by atoms with Crippen molar-refractivity contribution in [2.75, 3.05) is 13.1 Å². The van der Waals surface area contributed by atoms with Gasteiger partial charge < -0.3 is 5.11 Å². The Balaban J connectivity index is 1.66. The van der Waals surface area contributed by atoms with Crippen molar-refractivity contribution in [3.8, 4) is 0 Å². The molecule has 2 heterocycles. The van der Waals surface area contributed by atoms with Gasteiger partial charge in [0, 0.05) is 25.5 Å². The average Bonchev–Trinajstić information content (AvgIpc) is 2.56. The van der Waals surface area contributed by atoms with Crippen LogP contribution in [0.5, 0.6) is 0 Å². The van der Waals surface area contributed by atoms with E-state index in [1.807, 2.05) is 24.5 Å².